The zero-order chi connectivity index (χ0) is 35.9. The summed E-state index contributed by atoms with van der Waals surface area (Å²) in [4.78, 5) is 54.9. The van der Waals surface area contributed by atoms with Crippen molar-refractivity contribution >= 4 is 48.3 Å². The number of aromatic hydroxyl groups is 2. The molecular formula is C40H46Cl2N2O8. The zero-order valence-electron chi connectivity index (χ0n) is 29.4. The van der Waals surface area contributed by atoms with Crippen LogP contribution in [-0.4, -0.2) is 83.9 Å². The number of Topliss-reactive ketones (excluding diaryl/α,β-unsaturated/α-hetero) is 2. The van der Waals surface area contributed by atoms with Gasteiger partial charge in [0.25, 0.3) is 0 Å². The first kappa shape index (κ1) is 43.4. The number of nitrogens with zero attached hydrogens (tertiary/aromatic N) is 2. The molecule has 0 aromatic heterocycles. The number of carbonyl (C=O) groups excluding carboxylic acids is 4. The van der Waals surface area contributed by atoms with E-state index in [1.54, 1.807) is 0 Å². The van der Waals surface area contributed by atoms with Crippen LogP contribution in [0.1, 0.15) is 78.2 Å². The second-order valence-electron chi connectivity index (χ2n) is 12.1. The Morgan fingerprint density at radius 1 is 0.538 bits per heavy atom. The molecule has 0 heterocycles. The molecule has 0 bridgehead atoms. The highest BCUT2D eigenvalue weighted by atomic mass is 35.5. The molecule has 0 aliphatic rings. The molecular weight excluding hydrogens is 707 g/mol. The highest BCUT2D eigenvalue weighted by molar-refractivity contribution is 6.02. The molecule has 0 saturated carbocycles. The lowest BCUT2D eigenvalue weighted by atomic mass is 10.0. The van der Waals surface area contributed by atoms with E-state index in [1.165, 1.54) is 50.6 Å². The van der Waals surface area contributed by atoms with Crippen molar-refractivity contribution in [2.45, 2.75) is 38.8 Å². The van der Waals surface area contributed by atoms with Crippen molar-refractivity contribution in [2.75, 3.05) is 40.4 Å². The van der Waals surface area contributed by atoms with Gasteiger partial charge in [0.2, 0.25) is 0 Å². The third kappa shape index (κ3) is 13.1. The lowest BCUT2D eigenvalue weighted by molar-refractivity contribution is 0.0588. The van der Waals surface area contributed by atoms with Gasteiger partial charge in [-0.05, 0) is 73.5 Å². The first-order valence-electron chi connectivity index (χ1n) is 16.6. The summed E-state index contributed by atoms with van der Waals surface area (Å²) in [5, 5.41) is 20.1. The Bertz CT molecular complexity index is 1630. The van der Waals surface area contributed by atoms with Crippen molar-refractivity contribution in [3.05, 3.63) is 130 Å². The Kier molecular flexibility index (Phi) is 18.6. The Balaban J connectivity index is 0.00000468. The van der Waals surface area contributed by atoms with Crippen LogP contribution in [0.15, 0.2) is 97.1 Å². The van der Waals surface area contributed by atoms with Crippen LogP contribution in [0.25, 0.3) is 0 Å². The predicted molar refractivity (Wildman–Crippen MR) is 204 cm³/mol. The number of methoxy groups -OCH3 is 2. The number of ketones is 2. The van der Waals surface area contributed by atoms with E-state index in [9.17, 15) is 29.4 Å². The Morgan fingerprint density at radius 3 is 1.25 bits per heavy atom. The summed E-state index contributed by atoms with van der Waals surface area (Å²) in [6, 6.07) is 28.2. The van der Waals surface area contributed by atoms with Crippen LogP contribution in [0.5, 0.6) is 11.5 Å². The molecule has 0 aliphatic heterocycles. The van der Waals surface area contributed by atoms with Crippen molar-refractivity contribution < 1.29 is 38.9 Å². The molecule has 2 N–H and O–H groups in total. The minimum Gasteiger partial charge on any atom is -0.507 e. The summed E-state index contributed by atoms with van der Waals surface area (Å²) < 4.78 is 9.47. The maximum Gasteiger partial charge on any atom is 0.341 e. The number of phenolic OH excluding ortho intramolecular Hbond substituents is 2. The second kappa shape index (κ2) is 22.3. The largest absolute Gasteiger partial charge is 0.507 e. The van der Waals surface area contributed by atoms with Crippen LogP contribution in [0.4, 0.5) is 0 Å². The molecule has 10 nitrogen and oxygen atoms in total. The average molecular weight is 754 g/mol. The van der Waals surface area contributed by atoms with E-state index in [2.05, 4.69) is 9.80 Å². The summed E-state index contributed by atoms with van der Waals surface area (Å²) in [6.45, 7) is 2.80. The van der Waals surface area contributed by atoms with Gasteiger partial charge in [0, 0.05) is 24.2 Å². The lowest BCUT2D eigenvalue weighted by Crippen LogP contribution is -2.31. The summed E-state index contributed by atoms with van der Waals surface area (Å²) in [5.41, 5.74) is 2.70. The molecule has 4 aromatic rings. The van der Waals surface area contributed by atoms with Gasteiger partial charge in [0.15, 0.2) is 11.6 Å². The SMILES string of the molecule is COC(=O)c1cc(C(=O)CN(CCCCCCN(CC(=O)c2ccc(O)c(C(=O)OC)c2)Cc2ccccc2)Cc2ccccc2)ccc1O.Cl.Cl. The Morgan fingerprint density at radius 2 is 0.904 bits per heavy atom. The molecule has 0 unspecified atom stereocenters. The van der Waals surface area contributed by atoms with E-state index in [0.717, 1.165) is 36.8 Å². The molecule has 0 saturated heterocycles. The first-order chi connectivity index (χ1) is 24.2. The first-order valence-corrected chi connectivity index (χ1v) is 16.6. The van der Waals surface area contributed by atoms with Crippen LogP contribution in [-0.2, 0) is 22.6 Å². The second-order valence-corrected chi connectivity index (χ2v) is 12.1. The fourth-order valence-corrected chi connectivity index (χ4v) is 5.69. The standard InChI is InChI=1S/C40H44N2O8.2ClH/c1-49-39(47)33-23-31(17-19-35(33)43)37(45)27-41(25-29-13-7-5-8-14-29)21-11-3-4-12-22-42(26-30-15-9-6-10-16-30)28-38(46)32-18-20-36(44)34(24-32)40(48)50-2;;/h5-10,13-20,23-24,43-44H,3-4,11-12,21-22,25-28H2,1-2H3;2*1H. The highest BCUT2D eigenvalue weighted by Gasteiger charge is 2.20. The number of hydrogen-bond acceptors (Lipinski definition) is 10. The van der Waals surface area contributed by atoms with Crippen molar-refractivity contribution in [3.63, 3.8) is 0 Å². The number of carbonyl (C=O) groups is 4. The van der Waals surface area contributed by atoms with E-state index in [0.29, 0.717) is 37.3 Å². The van der Waals surface area contributed by atoms with Crippen LogP contribution in [0.3, 0.4) is 0 Å². The predicted octanol–water partition coefficient (Wildman–Crippen LogP) is 7.15. The Labute approximate surface area is 317 Å². The third-order valence-electron chi connectivity index (χ3n) is 8.38. The number of halogens is 2. The maximum absolute atomic E-state index is 13.3. The number of ether oxygens (including phenoxy) is 2. The Hall–Kier alpha value is -4.74. The van der Waals surface area contributed by atoms with Gasteiger partial charge in [-0.25, -0.2) is 9.59 Å². The van der Waals surface area contributed by atoms with Gasteiger partial charge in [-0.15, -0.1) is 24.8 Å². The molecule has 278 valence electrons. The fraction of sp³-hybridized carbons (Fsp3) is 0.300. The summed E-state index contributed by atoms with van der Waals surface area (Å²) >= 11 is 0. The molecule has 52 heavy (non-hydrogen) atoms. The lowest BCUT2D eigenvalue weighted by Gasteiger charge is -2.23. The molecule has 4 aromatic carbocycles. The smallest absolute Gasteiger partial charge is 0.341 e. The van der Waals surface area contributed by atoms with Crippen molar-refractivity contribution in [2.24, 2.45) is 0 Å². The molecule has 0 aliphatic carbocycles. The minimum atomic E-state index is -0.710. The van der Waals surface area contributed by atoms with Gasteiger partial charge >= 0.3 is 11.9 Å². The van der Waals surface area contributed by atoms with Gasteiger partial charge in [0.1, 0.15) is 22.6 Å². The average Bonchev–Trinajstić information content (AvgIpc) is 3.13. The topological polar surface area (TPSA) is 134 Å². The monoisotopic (exact) mass is 752 g/mol. The maximum atomic E-state index is 13.3. The number of rotatable bonds is 19. The molecule has 0 radical (unpaired) electrons. The van der Waals surface area contributed by atoms with Crippen LogP contribution < -0.4 is 0 Å². The van der Waals surface area contributed by atoms with Gasteiger partial charge in [-0.1, -0.05) is 73.5 Å². The zero-order valence-corrected chi connectivity index (χ0v) is 31.0. The van der Waals surface area contributed by atoms with E-state index in [4.69, 9.17) is 9.47 Å². The third-order valence-corrected chi connectivity index (χ3v) is 8.38. The summed E-state index contributed by atoms with van der Waals surface area (Å²) in [7, 11) is 2.44. The van der Waals surface area contributed by atoms with Crippen LogP contribution >= 0.6 is 24.8 Å². The number of phenols is 2. The highest BCUT2D eigenvalue weighted by Crippen LogP contribution is 2.22. The summed E-state index contributed by atoms with van der Waals surface area (Å²) in [6.07, 6.45) is 3.53. The summed E-state index contributed by atoms with van der Waals surface area (Å²) in [5.74, 6) is -2.24. The number of unbranched alkanes of at least 4 members (excludes halogenated alkanes) is 3. The van der Waals surface area contributed by atoms with E-state index >= 15 is 0 Å². The van der Waals surface area contributed by atoms with Gasteiger partial charge in [-0.3, -0.25) is 19.4 Å². The molecule has 0 atom stereocenters. The molecule has 0 fully saturated rings. The normalized spacial score (nSPS) is 10.6. The number of benzene rings is 4. The van der Waals surface area contributed by atoms with Gasteiger partial charge in [0.05, 0.1) is 27.3 Å². The van der Waals surface area contributed by atoms with Crippen molar-refractivity contribution in [1.82, 2.24) is 9.80 Å². The van der Waals surface area contributed by atoms with E-state index < -0.39 is 11.9 Å². The van der Waals surface area contributed by atoms with Gasteiger partial charge in [-0.2, -0.15) is 0 Å². The molecule has 4 rings (SSSR count). The van der Waals surface area contributed by atoms with E-state index in [1.807, 2.05) is 60.7 Å². The van der Waals surface area contributed by atoms with Gasteiger partial charge < -0.3 is 19.7 Å². The minimum absolute atomic E-state index is 0. The molecule has 0 spiro atoms. The number of hydrogen-bond donors (Lipinski definition) is 2. The van der Waals surface area contributed by atoms with Crippen molar-refractivity contribution in [3.8, 4) is 11.5 Å². The number of esters is 2. The fourth-order valence-electron chi connectivity index (χ4n) is 5.69. The molecule has 0 amide bonds. The molecule has 12 heteroatoms. The van der Waals surface area contributed by atoms with Crippen molar-refractivity contribution in [1.29, 1.82) is 0 Å². The quantitative estimate of drug-likeness (QED) is 0.0578. The van der Waals surface area contributed by atoms with Crippen LogP contribution in [0, 0.1) is 0 Å². The van der Waals surface area contributed by atoms with Crippen LogP contribution in [0.2, 0.25) is 0 Å². The van der Waals surface area contributed by atoms with E-state index in [-0.39, 0.29) is 72.1 Å².